The van der Waals surface area contributed by atoms with E-state index >= 15 is 0 Å². The number of furan rings is 1. The zero-order chi connectivity index (χ0) is 12.0. The highest BCUT2D eigenvalue weighted by Gasteiger charge is 2.05. The van der Waals surface area contributed by atoms with Gasteiger partial charge in [-0.1, -0.05) is 13.8 Å². The molecule has 92 valence electrons. The van der Waals surface area contributed by atoms with Gasteiger partial charge in [0.15, 0.2) is 0 Å². The predicted octanol–water partition coefficient (Wildman–Crippen LogP) is 2.27. The quantitative estimate of drug-likeness (QED) is 0.720. The monoisotopic (exact) mass is 224 g/mol. The number of hydrogen-bond donors (Lipinski definition) is 1. The average molecular weight is 224 g/mol. The fourth-order valence-corrected chi connectivity index (χ4v) is 1.55. The molecule has 0 unspecified atom stereocenters. The van der Waals surface area contributed by atoms with Crippen molar-refractivity contribution in [1.29, 1.82) is 0 Å². The smallest absolute Gasteiger partial charge is 0.120 e. The zero-order valence-electron chi connectivity index (χ0n) is 10.9. The van der Waals surface area contributed by atoms with E-state index in [-0.39, 0.29) is 0 Å². The number of nitrogens with zero attached hydrogens (tertiary/aromatic N) is 1. The van der Waals surface area contributed by atoms with E-state index in [0.29, 0.717) is 0 Å². The summed E-state index contributed by atoms with van der Waals surface area (Å²) >= 11 is 0. The molecule has 0 radical (unpaired) electrons. The maximum Gasteiger partial charge on any atom is 0.120 e. The van der Waals surface area contributed by atoms with Crippen molar-refractivity contribution in [1.82, 2.24) is 10.2 Å². The minimum absolute atomic E-state index is 0.720. The highest BCUT2D eigenvalue weighted by atomic mass is 16.3. The van der Waals surface area contributed by atoms with E-state index in [1.165, 1.54) is 5.56 Å². The molecule has 0 fully saturated rings. The Hall–Kier alpha value is -0.800. The van der Waals surface area contributed by atoms with Crippen LogP contribution in [0.2, 0.25) is 0 Å². The van der Waals surface area contributed by atoms with Gasteiger partial charge in [0.1, 0.15) is 5.76 Å². The number of rotatable bonds is 7. The summed E-state index contributed by atoms with van der Waals surface area (Å²) in [6, 6.07) is 2.01. The molecule has 0 atom stereocenters. The van der Waals surface area contributed by atoms with Gasteiger partial charge in [-0.15, -0.1) is 0 Å². The molecule has 3 heteroatoms. The topological polar surface area (TPSA) is 28.4 Å². The lowest BCUT2D eigenvalue weighted by Gasteiger charge is -2.16. The first-order valence-electron chi connectivity index (χ1n) is 6.02. The van der Waals surface area contributed by atoms with Crippen LogP contribution in [0, 0.1) is 12.8 Å². The fraction of sp³-hybridized carbons (Fsp3) is 0.692. The molecule has 0 aliphatic rings. The second kappa shape index (κ2) is 6.71. The summed E-state index contributed by atoms with van der Waals surface area (Å²) < 4.78 is 5.42. The number of aryl methyl sites for hydroxylation is 1. The van der Waals surface area contributed by atoms with Crippen molar-refractivity contribution < 1.29 is 4.42 Å². The average Bonchev–Trinajstić information content (AvgIpc) is 2.59. The second-order valence-corrected chi connectivity index (χ2v) is 4.86. The van der Waals surface area contributed by atoms with Crippen molar-refractivity contribution in [2.75, 3.05) is 26.7 Å². The van der Waals surface area contributed by atoms with E-state index in [1.54, 1.807) is 6.26 Å². The summed E-state index contributed by atoms with van der Waals surface area (Å²) in [6.45, 7) is 10.6. The van der Waals surface area contributed by atoms with Gasteiger partial charge in [0.2, 0.25) is 0 Å². The molecule has 0 bridgehead atoms. The van der Waals surface area contributed by atoms with E-state index in [0.717, 1.165) is 37.9 Å². The molecule has 0 aliphatic carbocycles. The highest BCUT2D eigenvalue weighted by Crippen LogP contribution is 2.10. The van der Waals surface area contributed by atoms with Crippen LogP contribution in [0.25, 0.3) is 0 Å². The highest BCUT2D eigenvalue weighted by molar-refractivity contribution is 5.14. The van der Waals surface area contributed by atoms with Crippen LogP contribution in [0.5, 0.6) is 0 Å². The minimum atomic E-state index is 0.720. The van der Waals surface area contributed by atoms with Crippen LogP contribution in [0.15, 0.2) is 16.7 Å². The predicted molar refractivity (Wildman–Crippen MR) is 67.5 cm³/mol. The van der Waals surface area contributed by atoms with Crippen LogP contribution in [0.1, 0.15) is 25.2 Å². The van der Waals surface area contributed by atoms with Gasteiger partial charge in [-0.05, 0) is 38.1 Å². The third-order valence-electron chi connectivity index (χ3n) is 2.60. The van der Waals surface area contributed by atoms with Crippen molar-refractivity contribution in [3.8, 4) is 0 Å². The maximum atomic E-state index is 5.42. The summed E-state index contributed by atoms with van der Waals surface area (Å²) in [7, 11) is 2.12. The Labute approximate surface area is 98.8 Å². The van der Waals surface area contributed by atoms with Crippen LogP contribution in [-0.2, 0) is 6.54 Å². The molecule has 1 rings (SSSR count). The normalized spacial score (nSPS) is 11.6. The Morgan fingerprint density at radius 2 is 2.19 bits per heavy atom. The van der Waals surface area contributed by atoms with Gasteiger partial charge in [-0.3, -0.25) is 4.90 Å². The zero-order valence-corrected chi connectivity index (χ0v) is 10.9. The van der Waals surface area contributed by atoms with E-state index in [1.807, 2.05) is 6.07 Å². The molecule has 3 nitrogen and oxygen atoms in total. The maximum absolute atomic E-state index is 5.42. The molecule has 0 aromatic carbocycles. The summed E-state index contributed by atoms with van der Waals surface area (Å²) in [5, 5.41) is 3.44. The summed E-state index contributed by atoms with van der Waals surface area (Å²) in [4.78, 5) is 2.28. The van der Waals surface area contributed by atoms with Crippen molar-refractivity contribution in [3.05, 3.63) is 23.7 Å². The van der Waals surface area contributed by atoms with Crippen LogP contribution in [0.4, 0.5) is 0 Å². The molecule has 0 amide bonds. The first-order valence-corrected chi connectivity index (χ1v) is 6.02. The molecule has 0 saturated heterocycles. The second-order valence-electron chi connectivity index (χ2n) is 4.86. The summed E-state index contributed by atoms with van der Waals surface area (Å²) in [6.07, 6.45) is 1.76. The van der Waals surface area contributed by atoms with Gasteiger partial charge >= 0.3 is 0 Å². The van der Waals surface area contributed by atoms with E-state index in [4.69, 9.17) is 4.42 Å². The molecule has 1 heterocycles. The number of hydrogen-bond acceptors (Lipinski definition) is 3. The number of likely N-dealkylation sites (N-methyl/N-ethyl adjacent to an activating group) is 1. The van der Waals surface area contributed by atoms with Gasteiger partial charge in [0, 0.05) is 13.1 Å². The Kier molecular flexibility index (Phi) is 5.56. The SMILES string of the molecule is Cc1ccoc1CN(C)CCNCC(C)C. The van der Waals surface area contributed by atoms with Gasteiger partial charge in [0.25, 0.3) is 0 Å². The van der Waals surface area contributed by atoms with Crippen LogP contribution >= 0.6 is 0 Å². The van der Waals surface area contributed by atoms with Gasteiger partial charge in [-0.25, -0.2) is 0 Å². The Morgan fingerprint density at radius 1 is 1.44 bits per heavy atom. The number of nitrogens with one attached hydrogen (secondary N) is 1. The molecule has 0 saturated carbocycles. The lowest BCUT2D eigenvalue weighted by atomic mass is 10.2. The van der Waals surface area contributed by atoms with Crippen LogP contribution in [-0.4, -0.2) is 31.6 Å². The van der Waals surface area contributed by atoms with E-state index < -0.39 is 0 Å². The van der Waals surface area contributed by atoms with Gasteiger partial charge < -0.3 is 9.73 Å². The van der Waals surface area contributed by atoms with E-state index in [2.05, 4.69) is 38.0 Å². The molecule has 16 heavy (non-hydrogen) atoms. The first-order chi connectivity index (χ1) is 7.59. The van der Waals surface area contributed by atoms with Gasteiger partial charge in [-0.2, -0.15) is 0 Å². The third kappa shape index (κ3) is 4.81. The fourth-order valence-electron chi connectivity index (χ4n) is 1.55. The van der Waals surface area contributed by atoms with Crippen LogP contribution < -0.4 is 5.32 Å². The molecule has 1 N–H and O–H groups in total. The first kappa shape index (κ1) is 13.3. The molecule has 0 aliphatic heterocycles. The Balaban J connectivity index is 2.16. The van der Waals surface area contributed by atoms with Crippen molar-refractivity contribution in [2.24, 2.45) is 5.92 Å². The Bertz CT molecular complexity index is 294. The molecular formula is C13H24N2O. The standard InChI is InChI=1S/C13H24N2O/c1-11(2)9-14-6-7-15(4)10-13-12(3)5-8-16-13/h5,8,11,14H,6-7,9-10H2,1-4H3. The molecule has 1 aromatic rings. The van der Waals surface area contributed by atoms with Crippen molar-refractivity contribution in [3.63, 3.8) is 0 Å². The largest absolute Gasteiger partial charge is 0.468 e. The van der Waals surface area contributed by atoms with E-state index in [9.17, 15) is 0 Å². The Morgan fingerprint density at radius 3 is 2.75 bits per heavy atom. The minimum Gasteiger partial charge on any atom is -0.468 e. The summed E-state index contributed by atoms with van der Waals surface area (Å²) in [5.74, 6) is 1.80. The van der Waals surface area contributed by atoms with Crippen molar-refractivity contribution >= 4 is 0 Å². The molecular weight excluding hydrogens is 200 g/mol. The molecule has 0 spiro atoms. The summed E-state index contributed by atoms with van der Waals surface area (Å²) in [5.41, 5.74) is 1.24. The molecule has 1 aromatic heterocycles. The third-order valence-corrected chi connectivity index (χ3v) is 2.60. The van der Waals surface area contributed by atoms with Crippen molar-refractivity contribution in [2.45, 2.75) is 27.3 Å². The lowest BCUT2D eigenvalue weighted by Crippen LogP contribution is -2.30. The lowest BCUT2D eigenvalue weighted by molar-refractivity contribution is 0.291. The van der Waals surface area contributed by atoms with Gasteiger partial charge in [0.05, 0.1) is 12.8 Å². The van der Waals surface area contributed by atoms with Crippen LogP contribution in [0.3, 0.4) is 0 Å².